The molecule has 2 aromatic carbocycles. The zero-order chi connectivity index (χ0) is 25.6. The number of pyridine rings is 1. The molecule has 3 heterocycles. The zero-order valence-electron chi connectivity index (χ0n) is 20.2. The third-order valence-electron chi connectivity index (χ3n) is 5.83. The van der Waals surface area contributed by atoms with Crippen LogP contribution in [0.2, 0.25) is 0 Å². The second-order valence-corrected chi connectivity index (χ2v) is 8.51. The average molecular weight is 492 g/mol. The van der Waals surface area contributed by atoms with Crippen molar-refractivity contribution in [2.24, 2.45) is 0 Å². The molecule has 0 aliphatic heterocycles. The minimum atomic E-state index is -0.993. The van der Waals surface area contributed by atoms with Gasteiger partial charge < -0.3 is 18.8 Å². The first-order valence-electron chi connectivity index (χ1n) is 11.8. The number of hydrogen-bond acceptors (Lipinski definition) is 5. The van der Waals surface area contributed by atoms with E-state index in [4.69, 9.17) is 14.3 Å². The Morgan fingerprint density at radius 3 is 2.54 bits per heavy atom. The van der Waals surface area contributed by atoms with Crippen LogP contribution in [0.5, 0.6) is 5.75 Å². The lowest BCUT2D eigenvalue weighted by Gasteiger charge is -2.07. The summed E-state index contributed by atoms with van der Waals surface area (Å²) in [5.41, 5.74) is 5.22. The van der Waals surface area contributed by atoms with Gasteiger partial charge in [-0.2, -0.15) is 0 Å². The van der Waals surface area contributed by atoms with Crippen molar-refractivity contribution < 1.29 is 19.1 Å². The molecule has 0 atom stereocenters. The van der Waals surface area contributed by atoms with Crippen LogP contribution in [0.4, 0.5) is 0 Å². The van der Waals surface area contributed by atoms with Gasteiger partial charge in [-0.05, 0) is 55.0 Å². The van der Waals surface area contributed by atoms with Gasteiger partial charge in [-0.25, -0.2) is 9.78 Å². The highest BCUT2D eigenvalue weighted by atomic mass is 16.5. The Morgan fingerprint density at radius 1 is 1.03 bits per heavy atom. The predicted molar refractivity (Wildman–Crippen MR) is 141 cm³/mol. The molecular weight excluding hydrogens is 466 g/mol. The monoisotopic (exact) mass is 491 g/mol. The second-order valence-electron chi connectivity index (χ2n) is 8.51. The molecule has 0 amide bonds. The van der Waals surface area contributed by atoms with Crippen LogP contribution in [-0.4, -0.2) is 25.6 Å². The number of aromatic nitrogens is 3. The number of hydrogen-bond donors (Lipinski definition) is 1. The summed E-state index contributed by atoms with van der Waals surface area (Å²) in [4.78, 5) is 20.1. The Balaban J connectivity index is 1.27. The summed E-state index contributed by atoms with van der Waals surface area (Å²) in [6, 6.07) is 23.3. The van der Waals surface area contributed by atoms with Gasteiger partial charge in [0, 0.05) is 47.9 Å². The fraction of sp³-hybridized carbons (Fsp3) is 0.100. The number of oxazole rings is 1. The molecule has 3 aromatic heterocycles. The topological polar surface area (TPSA) is 90.4 Å². The molecule has 0 unspecified atom stereocenters. The third kappa shape index (κ3) is 5.85. The molecule has 37 heavy (non-hydrogen) atoms. The van der Waals surface area contributed by atoms with Crippen LogP contribution in [-0.2, 0) is 17.9 Å². The molecule has 0 spiro atoms. The molecule has 7 nitrogen and oxygen atoms in total. The molecule has 0 aliphatic carbocycles. The number of rotatable bonds is 9. The number of nitrogens with zero attached hydrogens (tertiary/aromatic N) is 3. The lowest BCUT2D eigenvalue weighted by atomic mass is 10.1. The number of ether oxygens (including phenoxy) is 1. The first kappa shape index (κ1) is 23.8. The maximum atomic E-state index is 11.0. The van der Waals surface area contributed by atoms with E-state index in [0.717, 1.165) is 51.2 Å². The Labute approximate surface area is 214 Å². The highest BCUT2D eigenvalue weighted by molar-refractivity contribution is 5.87. The molecule has 5 aromatic rings. The van der Waals surface area contributed by atoms with Gasteiger partial charge in [-0.1, -0.05) is 36.4 Å². The van der Waals surface area contributed by atoms with Crippen molar-refractivity contribution in [3.05, 3.63) is 120 Å². The summed E-state index contributed by atoms with van der Waals surface area (Å²) in [5.74, 6) is 1.06. The largest absolute Gasteiger partial charge is 0.487 e. The van der Waals surface area contributed by atoms with Crippen molar-refractivity contribution in [1.82, 2.24) is 14.5 Å². The number of aryl methyl sites for hydroxylation is 1. The number of benzene rings is 2. The van der Waals surface area contributed by atoms with E-state index in [0.29, 0.717) is 19.0 Å². The van der Waals surface area contributed by atoms with E-state index in [-0.39, 0.29) is 0 Å². The Bertz CT molecular complexity index is 1520. The van der Waals surface area contributed by atoms with Crippen molar-refractivity contribution in [3.8, 4) is 28.5 Å². The van der Waals surface area contributed by atoms with Crippen LogP contribution >= 0.6 is 0 Å². The van der Waals surface area contributed by atoms with E-state index in [1.165, 1.54) is 0 Å². The predicted octanol–water partition coefficient (Wildman–Crippen LogP) is 6.24. The fourth-order valence-electron chi connectivity index (χ4n) is 3.97. The number of aliphatic carboxylic acids is 1. The van der Waals surface area contributed by atoms with Crippen LogP contribution in [0.1, 0.15) is 22.6 Å². The highest BCUT2D eigenvalue weighted by Gasteiger charge is 2.12. The molecule has 1 N–H and O–H groups in total. The van der Waals surface area contributed by atoms with E-state index < -0.39 is 5.97 Å². The summed E-state index contributed by atoms with van der Waals surface area (Å²) in [5, 5.41) is 9.06. The lowest BCUT2D eigenvalue weighted by Crippen LogP contribution is -1.99. The SMILES string of the molecule is Cc1oc(-c2ccccc2)nc1COc1ccc(Cn2cc(C=CC(=O)O)c(-c3ccccn3)c2)cc1. The molecule has 0 saturated heterocycles. The van der Waals surface area contributed by atoms with Crippen LogP contribution in [0.3, 0.4) is 0 Å². The molecule has 0 aliphatic rings. The van der Waals surface area contributed by atoms with Gasteiger partial charge in [0.15, 0.2) is 0 Å². The van der Waals surface area contributed by atoms with E-state index in [9.17, 15) is 4.79 Å². The summed E-state index contributed by atoms with van der Waals surface area (Å²) < 4.78 is 13.8. The fourth-order valence-corrected chi connectivity index (χ4v) is 3.97. The number of carboxylic acids is 1. The smallest absolute Gasteiger partial charge is 0.328 e. The minimum Gasteiger partial charge on any atom is -0.487 e. The molecule has 0 fully saturated rings. The maximum Gasteiger partial charge on any atom is 0.328 e. The van der Waals surface area contributed by atoms with Crippen molar-refractivity contribution in [2.75, 3.05) is 0 Å². The summed E-state index contributed by atoms with van der Waals surface area (Å²) in [6.45, 7) is 2.81. The quantitative estimate of drug-likeness (QED) is 0.246. The standard InChI is InChI=1S/C30H25N3O4/c1-21-28(32-30(37-21)23-7-3-2-4-8-23)20-36-25-13-10-22(11-14-25)17-33-18-24(12-15-29(34)35)26(19-33)27-9-5-6-16-31-27/h2-16,18-19H,17,20H2,1H3,(H,34,35). The average Bonchev–Trinajstić information content (AvgIpc) is 3.51. The van der Waals surface area contributed by atoms with Gasteiger partial charge in [-0.3, -0.25) is 4.98 Å². The third-order valence-corrected chi connectivity index (χ3v) is 5.83. The van der Waals surface area contributed by atoms with Gasteiger partial charge in [0.1, 0.15) is 23.8 Å². The zero-order valence-corrected chi connectivity index (χ0v) is 20.2. The minimum absolute atomic E-state index is 0.311. The van der Waals surface area contributed by atoms with Gasteiger partial charge in [0.25, 0.3) is 0 Å². The summed E-state index contributed by atoms with van der Waals surface area (Å²) in [7, 11) is 0. The molecule has 184 valence electrons. The van der Waals surface area contributed by atoms with E-state index in [1.54, 1.807) is 12.3 Å². The summed E-state index contributed by atoms with van der Waals surface area (Å²) >= 11 is 0. The molecular formula is C30H25N3O4. The van der Waals surface area contributed by atoms with Gasteiger partial charge in [0.05, 0.1) is 5.69 Å². The van der Waals surface area contributed by atoms with Gasteiger partial charge >= 0.3 is 5.97 Å². The van der Waals surface area contributed by atoms with E-state index in [2.05, 4.69) is 9.97 Å². The Morgan fingerprint density at radius 2 is 1.81 bits per heavy atom. The number of carboxylic acid groups (broad SMARTS) is 1. The number of carbonyl (C=O) groups is 1. The first-order chi connectivity index (χ1) is 18.0. The van der Waals surface area contributed by atoms with Crippen molar-refractivity contribution in [2.45, 2.75) is 20.1 Å². The maximum absolute atomic E-state index is 11.0. The van der Waals surface area contributed by atoms with Gasteiger partial charge in [0.2, 0.25) is 5.89 Å². The lowest BCUT2D eigenvalue weighted by molar-refractivity contribution is -0.131. The summed E-state index contributed by atoms with van der Waals surface area (Å²) in [6.07, 6.45) is 8.35. The molecule has 0 bridgehead atoms. The molecule has 0 radical (unpaired) electrons. The first-order valence-corrected chi connectivity index (χ1v) is 11.8. The second kappa shape index (κ2) is 10.8. The van der Waals surface area contributed by atoms with Crippen LogP contribution < -0.4 is 4.74 Å². The Kier molecular flexibility index (Phi) is 6.94. The Hall–Kier alpha value is -4.91. The normalized spacial score (nSPS) is 11.2. The van der Waals surface area contributed by atoms with E-state index >= 15 is 0 Å². The van der Waals surface area contributed by atoms with Crippen molar-refractivity contribution >= 4 is 12.0 Å². The molecule has 0 saturated carbocycles. The highest BCUT2D eigenvalue weighted by Crippen LogP contribution is 2.26. The van der Waals surface area contributed by atoms with Gasteiger partial charge in [-0.15, -0.1) is 0 Å². The van der Waals surface area contributed by atoms with Crippen LogP contribution in [0.15, 0.2) is 102 Å². The van der Waals surface area contributed by atoms with Crippen molar-refractivity contribution in [1.29, 1.82) is 0 Å². The van der Waals surface area contributed by atoms with Crippen molar-refractivity contribution in [3.63, 3.8) is 0 Å². The van der Waals surface area contributed by atoms with E-state index in [1.807, 2.05) is 96.7 Å². The molecule has 5 rings (SSSR count). The van der Waals surface area contributed by atoms with Crippen LogP contribution in [0.25, 0.3) is 28.8 Å². The van der Waals surface area contributed by atoms with Crippen LogP contribution in [0, 0.1) is 6.92 Å². The molecule has 7 heteroatoms.